The second kappa shape index (κ2) is 6.64. The number of piperidine rings is 1. The standard InChI is InChI=1S/C16H24N2O2/c1-3-12-6-5-9-18(11-12)15-8-7-13(17)10-14(15)16(19)20-4-2/h7-8,10,12H,3-6,9,11,17H2,1-2H3. The van der Waals surface area contributed by atoms with E-state index in [2.05, 4.69) is 11.8 Å². The Hall–Kier alpha value is -1.71. The van der Waals surface area contributed by atoms with E-state index >= 15 is 0 Å². The van der Waals surface area contributed by atoms with Crippen LogP contribution in [-0.2, 0) is 4.74 Å². The largest absolute Gasteiger partial charge is 0.462 e. The zero-order valence-electron chi connectivity index (χ0n) is 12.4. The predicted octanol–water partition coefficient (Wildman–Crippen LogP) is 3.07. The van der Waals surface area contributed by atoms with E-state index in [9.17, 15) is 4.79 Å². The highest BCUT2D eigenvalue weighted by molar-refractivity contribution is 5.97. The molecule has 0 aromatic heterocycles. The minimum Gasteiger partial charge on any atom is -0.462 e. The highest BCUT2D eigenvalue weighted by Gasteiger charge is 2.23. The summed E-state index contributed by atoms with van der Waals surface area (Å²) < 4.78 is 5.15. The zero-order valence-corrected chi connectivity index (χ0v) is 12.4. The Kier molecular flexibility index (Phi) is 4.88. The van der Waals surface area contributed by atoms with Crippen molar-refractivity contribution >= 4 is 17.3 Å². The van der Waals surface area contributed by atoms with Gasteiger partial charge in [0.15, 0.2) is 0 Å². The molecule has 0 spiro atoms. The van der Waals surface area contributed by atoms with Crippen LogP contribution in [0.2, 0.25) is 0 Å². The first-order valence-corrected chi connectivity index (χ1v) is 7.47. The number of ether oxygens (including phenoxy) is 1. The van der Waals surface area contributed by atoms with Gasteiger partial charge in [-0.25, -0.2) is 4.79 Å². The minimum atomic E-state index is -0.284. The normalized spacial score (nSPS) is 18.9. The van der Waals surface area contributed by atoms with Gasteiger partial charge in [-0.2, -0.15) is 0 Å². The van der Waals surface area contributed by atoms with Crippen LogP contribution in [0.1, 0.15) is 43.5 Å². The average molecular weight is 276 g/mol. The van der Waals surface area contributed by atoms with E-state index in [1.807, 2.05) is 19.1 Å². The Labute approximate surface area is 120 Å². The van der Waals surface area contributed by atoms with Crippen LogP contribution < -0.4 is 10.6 Å². The van der Waals surface area contributed by atoms with Gasteiger partial charge in [0.1, 0.15) is 0 Å². The molecule has 1 atom stereocenters. The first kappa shape index (κ1) is 14.7. The van der Waals surface area contributed by atoms with Gasteiger partial charge in [0.05, 0.1) is 17.9 Å². The van der Waals surface area contributed by atoms with Crippen LogP contribution in [-0.4, -0.2) is 25.7 Å². The molecule has 1 fully saturated rings. The molecule has 2 N–H and O–H groups in total. The Morgan fingerprint density at radius 1 is 1.45 bits per heavy atom. The summed E-state index contributed by atoms with van der Waals surface area (Å²) >= 11 is 0. The van der Waals surface area contributed by atoms with Gasteiger partial charge < -0.3 is 15.4 Å². The maximum absolute atomic E-state index is 12.1. The van der Waals surface area contributed by atoms with Crippen molar-refractivity contribution in [2.75, 3.05) is 30.3 Å². The molecule has 4 heteroatoms. The van der Waals surface area contributed by atoms with E-state index < -0.39 is 0 Å². The van der Waals surface area contributed by atoms with E-state index in [0.29, 0.717) is 23.8 Å². The number of benzene rings is 1. The number of carbonyl (C=O) groups is 1. The monoisotopic (exact) mass is 276 g/mol. The molecule has 4 nitrogen and oxygen atoms in total. The Morgan fingerprint density at radius 3 is 2.95 bits per heavy atom. The quantitative estimate of drug-likeness (QED) is 0.678. The highest BCUT2D eigenvalue weighted by Crippen LogP contribution is 2.29. The van der Waals surface area contributed by atoms with Gasteiger partial charge in [-0.05, 0) is 43.9 Å². The van der Waals surface area contributed by atoms with Gasteiger partial charge >= 0.3 is 5.97 Å². The fourth-order valence-electron chi connectivity index (χ4n) is 2.82. The highest BCUT2D eigenvalue weighted by atomic mass is 16.5. The summed E-state index contributed by atoms with van der Waals surface area (Å²) in [5.41, 5.74) is 7.96. The number of anilines is 2. The van der Waals surface area contributed by atoms with Crippen molar-refractivity contribution in [1.29, 1.82) is 0 Å². The van der Waals surface area contributed by atoms with Crippen molar-refractivity contribution in [1.82, 2.24) is 0 Å². The van der Waals surface area contributed by atoms with E-state index in [4.69, 9.17) is 10.5 Å². The van der Waals surface area contributed by atoms with Crippen molar-refractivity contribution in [3.8, 4) is 0 Å². The maximum Gasteiger partial charge on any atom is 0.340 e. The third-order valence-electron chi connectivity index (χ3n) is 3.95. The molecule has 0 aliphatic carbocycles. The molecule has 0 bridgehead atoms. The lowest BCUT2D eigenvalue weighted by Gasteiger charge is -2.35. The Morgan fingerprint density at radius 2 is 2.25 bits per heavy atom. The molecule has 1 heterocycles. The van der Waals surface area contributed by atoms with Crippen molar-refractivity contribution in [2.24, 2.45) is 5.92 Å². The molecule has 20 heavy (non-hydrogen) atoms. The molecule has 1 aliphatic rings. The first-order chi connectivity index (χ1) is 9.65. The number of nitrogens with zero attached hydrogens (tertiary/aromatic N) is 1. The second-order valence-corrected chi connectivity index (χ2v) is 5.36. The third-order valence-corrected chi connectivity index (χ3v) is 3.95. The molecule has 1 aliphatic heterocycles. The van der Waals surface area contributed by atoms with E-state index in [-0.39, 0.29) is 5.97 Å². The summed E-state index contributed by atoms with van der Waals surface area (Å²) in [5.74, 6) is 0.421. The van der Waals surface area contributed by atoms with Crippen LogP contribution in [0.5, 0.6) is 0 Å². The number of hydrogen-bond acceptors (Lipinski definition) is 4. The van der Waals surface area contributed by atoms with Crippen LogP contribution in [0.4, 0.5) is 11.4 Å². The van der Waals surface area contributed by atoms with Gasteiger partial charge in [-0.15, -0.1) is 0 Å². The molecular weight excluding hydrogens is 252 g/mol. The van der Waals surface area contributed by atoms with Gasteiger partial charge in [-0.1, -0.05) is 13.3 Å². The molecule has 110 valence electrons. The molecule has 0 radical (unpaired) electrons. The fourth-order valence-corrected chi connectivity index (χ4v) is 2.82. The van der Waals surface area contributed by atoms with Crippen LogP contribution in [0, 0.1) is 5.92 Å². The Balaban J connectivity index is 2.28. The number of hydrogen-bond donors (Lipinski definition) is 1. The second-order valence-electron chi connectivity index (χ2n) is 5.36. The van der Waals surface area contributed by atoms with Crippen LogP contribution in [0.25, 0.3) is 0 Å². The molecule has 0 saturated carbocycles. The molecule has 1 unspecified atom stereocenters. The average Bonchev–Trinajstić information content (AvgIpc) is 2.47. The van der Waals surface area contributed by atoms with Gasteiger partial charge in [0.2, 0.25) is 0 Å². The zero-order chi connectivity index (χ0) is 14.5. The summed E-state index contributed by atoms with van der Waals surface area (Å²) in [4.78, 5) is 14.4. The van der Waals surface area contributed by atoms with Crippen LogP contribution in [0.15, 0.2) is 18.2 Å². The first-order valence-electron chi connectivity index (χ1n) is 7.47. The fraction of sp³-hybridized carbons (Fsp3) is 0.562. The van der Waals surface area contributed by atoms with Crippen molar-refractivity contribution in [3.63, 3.8) is 0 Å². The maximum atomic E-state index is 12.1. The summed E-state index contributed by atoms with van der Waals surface area (Å²) in [6.07, 6.45) is 3.63. The van der Waals surface area contributed by atoms with E-state index in [1.54, 1.807) is 6.07 Å². The smallest absolute Gasteiger partial charge is 0.340 e. The minimum absolute atomic E-state index is 0.284. The van der Waals surface area contributed by atoms with Crippen molar-refractivity contribution < 1.29 is 9.53 Å². The molecule has 2 rings (SSSR count). The van der Waals surface area contributed by atoms with Crippen molar-refractivity contribution in [3.05, 3.63) is 23.8 Å². The lowest BCUT2D eigenvalue weighted by molar-refractivity contribution is 0.0527. The number of esters is 1. The summed E-state index contributed by atoms with van der Waals surface area (Å²) in [6, 6.07) is 5.52. The predicted molar refractivity (Wildman–Crippen MR) is 82.0 cm³/mol. The van der Waals surface area contributed by atoms with Crippen molar-refractivity contribution in [2.45, 2.75) is 33.1 Å². The van der Waals surface area contributed by atoms with Crippen LogP contribution in [0.3, 0.4) is 0 Å². The number of nitrogens with two attached hydrogens (primary N) is 1. The van der Waals surface area contributed by atoms with Gasteiger partial charge in [0.25, 0.3) is 0 Å². The SMILES string of the molecule is CCOC(=O)c1cc(N)ccc1N1CCCC(CC)C1. The van der Waals surface area contributed by atoms with Gasteiger partial charge in [-0.3, -0.25) is 0 Å². The Bertz CT molecular complexity index is 474. The summed E-state index contributed by atoms with van der Waals surface area (Å²) in [5, 5.41) is 0. The van der Waals surface area contributed by atoms with Gasteiger partial charge in [0, 0.05) is 18.8 Å². The van der Waals surface area contributed by atoms with E-state index in [1.165, 1.54) is 19.3 Å². The topological polar surface area (TPSA) is 55.6 Å². The lowest BCUT2D eigenvalue weighted by Crippen LogP contribution is -2.36. The molecule has 0 amide bonds. The third kappa shape index (κ3) is 3.24. The van der Waals surface area contributed by atoms with E-state index in [0.717, 1.165) is 18.8 Å². The number of rotatable bonds is 4. The van der Waals surface area contributed by atoms with Crippen LogP contribution >= 0.6 is 0 Å². The summed E-state index contributed by atoms with van der Waals surface area (Å²) in [6.45, 7) is 6.42. The lowest BCUT2D eigenvalue weighted by atomic mass is 9.94. The molecule has 1 saturated heterocycles. The number of carbonyl (C=O) groups excluding carboxylic acids is 1. The molecule has 1 aromatic carbocycles. The molecule has 1 aromatic rings. The number of nitrogen functional groups attached to an aromatic ring is 1. The molecular formula is C16H24N2O2. The summed E-state index contributed by atoms with van der Waals surface area (Å²) in [7, 11) is 0.